The average molecular weight is 413 g/mol. The van der Waals surface area contributed by atoms with E-state index in [1.165, 1.54) is 41.1 Å². The predicted molar refractivity (Wildman–Crippen MR) is 115 cm³/mol. The van der Waals surface area contributed by atoms with Gasteiger partial charge in [-0.25, -0.2) is 0 Å². The molecule has 1 aromatic carbocycles. The molecule has 0 N–H and O–H groups in total. The monoisotopic (exact) mass is 412 g/mol. The topological polar surface area (TPSA) is 34.0 Å². The van der Waals surface area contributed by atoms with E-state index in [1.54, 1.807) is 0 Å². The van der Waals surface area contributed by atoms with E-state index in [1.807, 2.05) is 23.5 Å². The molecule has 1 fully saturated rings. The van der Waals surface area contributed by atoms with Gasteiger partial charge in [0, 0.05) is 34.5 Å². The maximum atomic E-state index is 6.11. The molecule has 28 heavy (non-hydrogen) atoms. The summed E-state index contributed by atoms with van der Waals surface area (Å²) in [5.74, 6) is 2.83. The third-order valence-electron chi connectivity index (χ3n) is 6.11. The highest BCUT2D eigenvalue weighted by molar-refractivity contribution is 7.10. The molecular weight excluding hydrogens is 388 g/mol. The number of thiophene rings is 1. The van der Waals surface area contributed by atoms with Crippen LogP contribution in [0.5, 0.6) is 0 Å². The largest absolute Gasteiger partial charge is 0.311 e. The summed E-state index contributed by atoms with van der Waals surface area (Å²) in [6.07, 6.45) is 5.75. The van der Waals surface area contributed by atoms with Gasteiger partial charge in [-0.2, -0.15) is 0 Å². The molecule has 0 aliphatic carbocycles. The van der Waals surface area contributed by atoms with Gasteiger partial charge < -0.3 is 9.47 Å². The lowest BCUT2D eigenvalue weighted by Crippen LogP contribution is -2.35. The van der Waals surface area contributed by atoms with E-state index in [0.717, 1.165) is 49.9 Å². The molecule has 0 spiro atoms. The molecule has 4 nitrogen and oxygen atoms in total. The highest BCUT2D eigenvalue weighted by Gasteiger charge is 2.28. The molecule has 0 unspecified atom stereocenters. The highest BCUT2D eigenvalue weighted by atomic mass is 35.5. The molecule has 0 amide bonds. The maximum absolute atomic E-state index is 6.11. The molecular formula is C22H25ClN4S. The van der Waals surface area contributed by atoms with Crippen molar-refractivity contribution in [2.45, 2.75) is 44.6 Å². The van der Waals surface area contributed by atoms with Gasteiger partial charge in [0.2, 0.25) is 0 Å². The van der Waals surface area contributed by atoms with Crippen LogP contribution in [0.3, 0.4) is 0 Å². The Morgan fingerprint density at radius 3 is 2.86 bits per heavy atom. The first-order chi connectivity index (χ1) is 13.8. The van der Waals surface area contributed by atoms with Gasteiger partial charge in [0.05, 0.1) is 0 Å². The van der Waals surface area contributed by atoms with E-state index < -0.39 is 0 Å². The van der Waals surface area contributed by atoms with Gasteiger partial charge in [0.1, 0.15) is 5.82 Å². The number of aromatic nitrogens is 3. The fourth-order valence-corrected chi connectivity index (χ4v) is 5.69. The zero-order valence-corrected chi connectivity index (χ0v) is 17.6. The number of fused-ring (bicyclic) bond motifs is 3. The number of nitrogens with zero attached hydrogens (tertiary/aromatic N) is 4. The summed E-state index contributed by atoms with van der Waals surface area (Å²) in [5.41, 5.74) is 2.63. The fraction of sp³-hybridized carbons (Fsp3) is 0.455. The molecule has 2 aromatic heterocycles. The van der Waals surface area contributed by atoms with Gasteiger partial charge >= 0.3 is 0 Å². The summed E-state index contributed by atoms with van der Waals surface area (Å²) in [5, 5.41) is 12.3. The molecule has 1 saturated heterocycles. The van der Waals surface area contributed by atoms with Crippen molar-refractivity contribution in [3.8, 4) is 11.4 Å². The fourth-order valence-electron chi connectivity index (χ4n) is 4.56. The first-order valence-corrected chi connectivity index (χ1v) is 11.5. The van der Waals surface area contributed by atoms with E-state index in [2.05, 4.69) is 43.2 Å². The lowest BCUT2D eigenvalue weighted by Gasteiger charge is -2.31. The van der Waals surface area contributed by atoms with Gasteiger partial charge in [0.25, 0.3) is 0 Å². The number of likely N-dealkylation sites (tertiary alicyclic amines) is 1. The molecule has 0 bridgehead atoms. The van der Waals surface area contributed by atoms with Crippen molar-refractivity contribution in [1.29, 1.82) is 0 Å². The number of hydrogen-bond donors (Lipinski definition) is 0. The molecule has 5 rings (SSSR count). The summed E-state index contributed by atoms with van der Waals surface area (Å²) >= 11 is 7.96. The van der Waals surface area contributed by atoms with Crippen LogP contribution in [0.4, 0.5) is 0 Å². The number of hydrogen-bond acceptors (Lipinski definition) is 4. The number of halogens is 1. The molecule has 0 radical (unpaired) electrons. The average Bonchev–Trinajstić information content (AvgIpc) is 3.31. The predicted octanol–water partition coefficient (Wildman–Crippen LogP) is 5.03. The highest BCUT2D eigenvalue weighted by Crippen LogP contribution is 2.35. The summed E-state index contributed by atoms with van der Waals surface area (Å²) in [7, 11) is 0. The van der Waals surface area contributed by atoms with Gasteiger partial charge in [-0.05, 0) is 74.3 Å². The Balaban J connectivity index is 1.23. The van der Waals surface area contributed by atoms with E-state index in [-0.39, 0.29) is 0 Å². The molecule has 146 valence electrons. The van der Waals surface area contributed by atoms with Gasteiger partial charge in [0.15, 0.2) is 5.82 Å². The number of piperidine rings is 1. The minimum Gasteiger partial charge on any atom is -0.311 e. The van der Waals surface area contributed by atoms with Crippen molar-refractivity contribution in [3.63, 3.8) is 0 Å². The second-order valence-electron chi connectivity index (χ2n) is 7.89. The minimum absolute atomic E-state index is 0.531. The Morgan fingerprint density at radius 2 is 2.00 bits per heavy atom. The van der Waals surface area contributed by atoms with Crippen LogP contribution in [0.15, 0.2) is 35.7 Å². The minimum atomic E-state index is 0.531. The lowest BCUT2D eigenvalue weighted by atomic mass is 9.95. The number of rotatable bonds is 4. The van der Waals surface area contributed by atoms with Crippen LogP contribution in [0, 0.1) is 0 Å². The maximum Gasteiger partial charge on any atom is 0.165 e. The molecule has 6 heteroatoms. The number of aryl methyl sites for hydroxylation is 1. The van der Waals surface area contributed by atoms with E-state index in [9.17, 15) is 0 Å². The van der Waals surface area contributed by atoms with Gasteiger partial charge in [-0.1, -0.05) is 23.7 Å². The van der Waals surface area contributed by atoms with Crippen LogP contribution in [0.1, 0.15) is 41.4 Å². The first-order valence-electron chi connectivity index (χ1n) is 10.2. The van der Waals surface area contributed by atoms with Crippen molar-refractivity contribution in [1.82, 2.24) is 19.7 Å². The van der Waals surface area contributed by atoms with E-state index in [0.29, 0.717) is 5.92 Å². The van der Waals surface area contributed by atoms with Gasteiger partial charge in [-0.3, -0.25) is 0 Å². The third-order valence-corrected chi connectivity index (χ3v) is 7.33. The summed E-state index contributed by atoms with van der Waals surface area (Å²) in [6.45, 7) is 4.42. The molecule has 0 saturated carbocycles. The zero-order valence-electron chi connectivity index (χ0n) is 16.0. The Bertz CT molecular complexity index is 955. The summed E-state index contributed by atoms with van der Waals surface area (Å²) < 4.78 is 2.41. The molecule has 0 atom stereocenters. The second kappa shape index (κ2) is 7.97. The zero-order chi connectivity index (χ0) is 18.9. The van der Waals surface area contributed by atoms with Crippen LogP contribution in [0.25, 0.3) is 11.4 Å². The van der Waals surface area contributed by atoms with Crippen molar-refractivity contribution < 1.29 is 0 Å². The first kappa shape index (κ1) is 18.3. The van der Waals surface area contributed by atoms with Crippen LogP contribution in [-0.2, 0) is 19.4 Å². The van der Waals surface area contributed by atoms with Crippen LogP contribution < -0.4 is 0 Å². The smallest absolute Gasteiger partial charge is 0.165 e. The van der Waals surface area contributed by atoms with Crippen LogP contribution >= 0.6 is 22.9 Å². The molecule has 3 aromatic rings. The van der Waals surface area contributed by atoms with Crippen LogP contribution in [-0.4, -0.2) is 39.3 Å². The third kappa shape index (κ3) is 3.63. The second-order valence-corrected chi connectivity index (χ2v) is 9.33. The van der Waals surface area contributed by atoms with Gasteiger partial charge in [-0.15, -0.1) is 21.5 Å². The van der Waals surface area contributed by atoms with E-state index in [4.69, 9.17) is 11.6 Å². The SMILES string of the molecule is Clc1cccc(CCN2CCC(c3nnc4n3CCCc3sccc3-4)CC2)c1. The Labute approximate surface area is 175 Å². The van der Waals surface area contributed by atoms with Crippen LogP contribution in [0.2, 0.25) is 5.02 Å². The number of benzene rings is 1. The van der Waals surface area contributed by atoms with Crippen molar-refractivity contribution in [2.75, 3.05) is 19.6 Å². The van der Waals surface area contributed by atoms with Crippen molar-refractivity contribution in [2.24, 2.45) is 0 Å². The molecule has 4 heterocycles. The lowest BCUT2D eigenvalue weighted by molar-refractivity contribution is 0.209. The Kier molecular flexibility index (Phi) is 5.22. The Morgan fingerprint density at radius 1 is 1.11 bits per heavy atom. The molecule has 2 aliphatic rings. The van der Waals surface area contributed by atoms with E-state index >= 15 is 0 Å². The Hall–Kier alpha value is -1.69. The summed E-state index contributed by atoms with van der Waals surface area (Å²) in [6, 6.07) is 10.5. The standard InChI is InChI=1S/C22H25ClN4S/c23-18-4-1-3-16(15-18)6-11-26-12-7-17(8-13-26)21-24-25-22-19-9-14-28-20(19)5-2-10-27(21)22/h1,3-4,9,14-15,17H,2,5-8,10-13H2. The quantitative estimate of drug-likeness (QED) is 0.602. The van der Waals surface area contributed by atoms with Crippen molar-refractivity contribution >= 4 is 22.9 Å². The molecule has 2 aliphatic heterocycles. The normalized spacial score (nSPS) is 17.9. The van der Waals surface area contributed by atoms with Crippen molar-refractivity contribution in [3.05, 3.63) is 57.0 Å². The summed E-state index contributed by atoms with van der Waals surface area (Å²) in [4.78, 5) is 4.04.